The Kier molecular flexibility index (Phi) is 5.09. The minimum Gasteiger partial charge on any atom is -0.485 e. The maximum absolute atomic E-state index is 13.2. The first-order chi connectivity index (χ1) is 14.4. The van der Waals surface area contributed by atoms with Crippen LogP contribution in [0, 0.1) is 19.7 Å². The van der Waals surface area contributed by atoms with E-state index in [1.165, 1.54) is 12.1 Å². The molecule has 2 amide bonds. The Bertz CT molecular complexity index is 1110. The predicted molar refractivity (Wildman–Crippen MR) is 105 cm³/mol. The van der Waals surface area contributed by atoms with Crippen molar-refractivity contribution in [1.29, 1.82) is 0 Å². The third-order valence-electron chi connectivity index (χ3n) is 4.69. The first-order valence-electron chi connectivity index (χ1n) is 9.25. The lowest BCUT2D eigenvalue weighted by Crippen LogP contribution is -2.51. The lowest BCUT2D eigenvalue weighted by atomic mass is 10.2. The Morgan fingerprint density at radius 2 is 1.77 bits per heavy atom. The number of ether oxygens (including phenoxy) is 2. The number of benzene rings is 2. The lowest BCUT2D eigenvalue weighted by molar-refractivity contribution is -0.131. The van der Waals surface area contributed by atoms with Crippen molar-refractivity contribution in [3.8, 4) is 17.2 Å². The number of nitrogens with zero attached hydrogens (tertiary/aromatic N) is 2. The molecule has 0 bridgehead atoms. The van der Waals surface area contributed by atoms with Crippen molar-refractivity contribution in [3.63, 3.8) is 0 Å². The van der Waals surface area contributed by atoms with Crippen molar-refractivity contribution in [1.82, 2.24) is 20.6 Å². The number of carbonyl (C=O) groups excluding carboxylic acids is 2. The van der Waals surface area contributed by atoms with E-state index in [4.69, 9.17) is 9.47 Å². The van der Waals surface area contributed by atoms with Crippen LogP contribution in [0.2, 0.25) is 0 Å². The summed E-state index contributed by atoms with van der Waals surface area (Å²) in [6, 6.07) is 12.8. The number of rotatable bonds is 3. The van der Waals surface area contributed by atoms with E-state index < -0.39 is 17.9 Å². The smallest absolute Gasteiger partial charge is 0.283 e. The van der Waals surface area contributed by atoms with Gasteiger partial charge in [-0.3, -0.25) is 20.4 Å². The van der Waals surface area contributed by atoms with Crippen LogP contribution in [-0.2, 0) is 4.79 Å². The molecule has 0 spiro atoms. The van der Waals surface area contributed by atoms with Crippen LogP contribution < -0.4 is 20.3 Å². The van der Waals surface area contributed by atoms with E-state index >= 15 is 0 Å². The summed E-state index contributed by atoms with van der Waals surface area (Å²) in [5, 5.41) is 4.35. The number of nitrogens with one attached hydrogen (secondary N) is 2. The topological polar surface area (TPSA) is 94.5 Å². The fourth-order valence-corrected chi connectivity index (χ4v) is 3.22. The van der Waals surface area contributed by atoms with E-state index in [0.29, 0.717) is 34.1 Å². The molecule has 9 heteroatoms. The maximum Gasteiger partial charge on any atom is 0.283 e. The molecule has 3 aromatic rings. The van der Waals surface area contributed by atoms with Crippen LogP contribution in [-0.4, -0.2) is 34.3 Å². The molecule has 1 aliphatic heterocycles. The van der Waals surface area contributed by atoms with Gasteiger partial charge in [0.25, 0.3) is 11.8 Å². The molecule has 2 N–H and O–H groups in total. The fraction of sp³-hybridized carbons (Fsp3) is 0.190. The van der Waals surface area contributed by atoms with E-state index in [1.807, 2.05) is 0 Å². The first kappa shape index (κ1) is 19.4. The van der Waals surface area contributed by atoms with Crippen LogP contribution in [0.25, 0.3) is 5.69 Å². The van der Waals surface area contributed by atoms with Gasteiger partial charge in [0.15, 0.2) is 11.5 Å². The molecule has 30 heavy (non-hydrogen) atoms. The van der Waals surface area contributed by atoms with Crippen LogP contribution >= 0.6 is 0 Å². The molecule has 2 aromatic carbocycles. The molecule has 0 saturated carbocycles. The Labute approximate surface area is 171 Å². The van der Waals surface area contributed by atoms with Crippen LogP contribution in [0.5, 0.6) is 11.5 Å². The fourth-order valence-electron chi connectivity index (χ4n) is 3.22. The Balaban J connectivity index is 1.43. The molecule has 1 aliphatic rings. The van der Waals surface area contributed by atoms with E-state index in [-0.39, 0.29) is 12.4 Å². The number of amides is 2. The minimum atomic E-state index is -0.899. The zero-order valence-electron chi connectivity index (χ0n) is 16.3. The van der Waals surface area contributed by atoms with Gasteiger partial charge in [0.05, 0.1) is 22.6 Å². The normalized spacial score (nSPS) is 14.8. The summed E-state index contributed by atoms with van der Waals surface area (Å²) in [7, 11) is 0. The molecule has 1 atom stereocenters. The largest absolute Gasteiger partial charge is 0.485 e. The summed E-state index contributed by atoms with van der Waals surface area (Å²) in [5.41, 5.74) is 6.70. The molecule has 0 radical (unpaired) electrons. The van der Waals surface area contributed by atoms with E-state index in [9.17, 15) is 14.0 Å². The van der Waals surface area contributed by atoms with Gasteiger partial charge >= 0.3 is 0 Å². The number of aromatic nitrogens is 2. The highest BCUT2D eigenvalue weighted by atomic mass is 19.1. The maximum atomic E-state index is 13.2. The molecule has 0 fully saturated rings. The average molecular weight is 410 g/mol. The number of halogens is 1. The van der Waals surface area contributed by atoms with Gasteiger partial charge in [-0.2, -0.15) is 5.10 Å². The SMILES string of the molecule is Cc1nn(-c2ccc(F)cc2)c(C)c1C(=O)NNC(=O)C1COc2ccccc2O1. The van der Waals surface area contributed by atoms with Crippen molar-refractivity contribution in [2.24, 2.45) is 0 Å². The third-order valence-corrected chi connectivity index (χ3v) is 4.69. The summed E-state index contributed by atoms with van der Waals surface area (Å²) in [4.78, 5) is 25.0. The van der Waals surface area contributed by atoms with Crippen molar-refractivity contribution in [2.75, 3.05) is 6.61 Å². The molecule has 2 heterocycles. The molecule has 1 unspecified atom stereocenters. The predicted octanol–water partition coefficient (Wildman–Crippen LogP) is 2.23. The Morgan fingerprint density at radius 1 is 1.07 bits per heavy atom. The molecule has 0 saturated heterocycles. The second-order valence-corrected chi connectivity index (χ2v) is 6.74. The summed E-state index contributed by atoms with van der Waals surface area (Å²) in [6.07, 6.45) is -0.899. The van der Waals surface area contributed by atoms with E-state index in [1.54, 1.807) is 54.9 Å². The summed E-state index contributed by atoms with van der Waals surface area (Å²) in [6.45, 7) is 3.42. The number of hydrogen-bond donors (Lipinski definition) is 2. The van der Waals surface area contributed by atoms with E-state index in [2.05, 4.69) is 16.0 Å². The van der Waals surface area contributed by atoms with Gasteiger partial charge < -0.3 is 9.47 Å². The number of aryl methyl sites for hydroxylation is 1. The molecule has 4 rings (SSSR count). The summed E-state index contributed by atoms with van der Waals surface area (Å²) < 4.78 is 25.8. The average Bonchev–Trinajstić information content (AvgIpc) is 3.06. The zero-order valence-corrected chi connectivity index (χ0v) is 16.3. The second-order valence-electron chi connectivity index (χ2n) is 6.74. The van der Waals surface area contributed by atoms with Gasteiger partial charge in [-0.05, 0) is 50.2 Å². The van der Waals surface area contributed by atoms with E-state index in [0.717, 1.165) is 0 Å². The van der Waals surface area contributed by atoms with Gasteiger partial charge in [-0.15, -0.1) is 0 Å². The number of para-hydroxylation sites is 2. The molecule has 1 aromatic heterocycles. The highest BCUT2D eigenvalue weighted by Gasteiger charge is 2.28. The lowest BCUT2D eigenvalue weighted by Gasteiger charge is -2.25. The highest BCUT2D eigenvalue weighted by molar-refractivity contribution is 5.97. The second kappa shape index (κ2) is 7.86. The first-order valence-corrected chi connectivity index (χ1v) is 9.25. The Morgan fingerprint density at radius 3 is 2.50 bits per heavy atom. The number of hydrazine groups is 1. The monoisotopic (exact) mass is 410 g/mol. The van der Waals surface area contributed by atoms with Gasteiger partial charge in [-0.25, -0.2) is 9.07 Å². The summed E-state index contributed by atoms with van der Waals surface area (Å²) >= 11 is 0. The molecular formula is C21H19FN4O4. The van der Waals surface area contributed by atoms with Crippen molar-refractivity contribution < 1.29 is 23.5 Å². The van der Waals surface area contributed by atoms with Crippen LogP contribution in [0.3, 0.4) is 0 Å². The molecular weight excluding hydrogens is 391 g/mol. The molecule has 8 nitrogen and oxygen atoms in total. The van der Waals surface area contributed by atoms with Gasteiger partial charge in [0, 0.05) is 0 Å². The van der Waals surface area contributed by atoms with Crippen LogP contribution in [0.4, 0.5) is 4.39 Å². The number of carbonyl (C=O) groups is 2. The van der Waals surface area contributed by atoms with Crippen molar-refractivity contribution >= 4 is 11.8 Å². The molecule has 0 aliphatic carbocycles. The van der Waals surface area contributed by atoms with Crippen molar-refractivity contribution in [3.05, 3.63) is 71.3 Å². The standard InChI is InChI=1S/C21H19FN4O4/c1-12-19(13(2)26(25-12)15-9-7-14(22)8-10-15)21(28)24-23-20(27)18-11-29-16-5-3-4-6-17(16)30-18/h3-10,18H,11H2,1-2H3,(H,23,27)(H,24,28). The minimum absolute atomic E-state index is 0.0271. The Hall–Kier alpha value is -3.88. The zero-order chi connectivity index (χ0) is 21.3. The number of fused-ring (bicyclic) bond motifs is 1. The van der Waals surface area contributed by atoms with Gasteiger partial charge in [-0.1, -0.05) is 12.1 Å². The van der Waals surface area contributed by atoms with Crippen molar-refractivity contribution in [2.45, 2.75) is 20.0 Å². The van der Waals surface area contributed by atoms with Gasteiger partial charge in [0.2, 0.25) is 6.10 Å². The van der Waals surface area contributed by atoms with Crippen LogP contribution in [0.15, 0.2) is 48.5 Å². The molecule has 154 valence electrons. The third kappa shape index (κ3) is 3.69. The highest BCUT2D eigenvalue weighted by Crippen LogP contribution is 2.30. The van der Waals surface area contributed by atoms with Gasteiger partial charge in [0.1, 0.15) is 12.4 Å². The van der Waals surface area contributed by atoms with Crippen LogP contribution in [0.1, 0.15) is 21.7 Å². The number of hydrogen-bond acceptors (Lipinski definition) is 5. The summed E-state index contributed by atoms with van der Waals surface area (Å²) in [5.74, 6) is -0.409. The quantitative estimate of drug-likeness (QED) is 0.646.